The standard InChI is InChI=1S/C30H34N4O4S2/c35-29(36)22-2-4-26(5-3-22)40-28-6-1-21(17-31-28)18-32-12-7-25(8-13-32)34-27(23-11-16-39-20-23)19-33(30(34)37)24-9-14-38-15-10-24/h1-6,11,16-17,20,24-25,27H,7-10,12-15,18-19H2,(H,35,36). The van der Waals surface area contributed by atoms with E-state index in [0.717, 1.165) is 75.0 Å². The van der Waals surface area contributed by atoms with Gasteiger partial charge in [-0.2, -0.15) is 11.3 Å². The first-order chi connectivity index (χ1) is 19.5. The van der Waals surface area contributed by atoms with Crippen LogP contribution in [-0.4, -0.2) is 81.7 Å². The molecule has 0 spiro atoms. The summed E-state index contributed by atoms with van der Waals surface area (Å²) >= 11 is 3.23. The second kappa shape index (κ2) is 12.3. The third kappa shape index (κ3) is 6.05. The normalized spacial score (nSPS) is 21.3. The molecule has 0 aliphatic carbocycles. The number of likely N-dealkylation sites (tertiary alicyclic amines) is 1. The van der Waals surface area contributed by atoms with E-state index in [0.29, 0.717) is 0 Å². The first kappa shape index (κ1) is 27.3. The predicted octanol–water partition coefficient (Wildman–Crippen LogP) is 5.61. The summed E-state index contributed by atoms with van der Waals surface area (Å²) < 4.78 is 5.56. The molecule has 6 rings (SSSR count). The van der Waals surface area contributed by atoms with Gasteiger partial charge in [-0.15, -0.1) is 0 Å². The van der Waals surface area contributed by atoms with E-state index in [1.54, 1.807) is 23.5 Å². The van der Waals surface area contributed by atoms with Crippen molar-refractivity contribution >= 4 is 35.1 Å². The van der Waals surface area contributed by atoms with Crippen molar-refractivity contribution in [2.24, 2.45) is 0 Å². The van der Waals surface area contributed by atoms with Crippen LogP contribution in [0.2, 0.25) is 0 Å². The molecule has 3 fully saturated rings. The van der Waals surface area contributed by atoms with E-state index in [-0.39, 0.29) is 29.7 Å². The third-order valence-electron chi connectivity index (χ3n) is 8.21. The van der Waals surface area contributed by atoms with Crippen LogP contribution in [0.4, 0.5) is 4.79 Å². The number of piperidine rings is 1. The quantitative estimate of drug-likeness (QED) is 0.372. The van der Waals surface area contributed by atoms with Crippen LogP contribution in [0, 0.1) is 0 Å². The highest BCUT2D eigenvalue weighted by Crippen LogP contribution is 2.38. The first-order valence-corrected chi connectivity index (χ1v) is 15.7. The van der Waals surface area contributed by atoms with Gasteiger partial charge in [-0.3, -0.25) is 4.90 Å². The number of pyridine rings is 1. The fourth-order valence-electron chi connectivity index (χ4n) is 6.04. The Kier molecular flexibility index (Phi) is 8.38. The summed E-state index contributed by atoms with van der Waals surface area (Å²) in [5.41, 5.74) is 2.71. The van der Waals surface area contributed by atoms with Crippen molar-refractivity contribution in [3.8, 4) is 0 Å². The molecule has 0 radical (unpaired) electrons. The zero-order chi connectivity index (χ0) is 27.5. The van der Waals surface area contributed by atoms with E-state index in [9.17, 15) is 9.59 Å². The zero-order valence-corrected chi connectivity index (χ0v) is 24.0. The Balaban J connectivity index is 1.05. The number of ether oxygens (including phenoxy) is 1. The summed E-state index contributed by atoms with van der Waals surface area (Å²) in [5.74, 6) is -0.922. The Morgan fingerprint density at radius 2 is 1.80 bits per heavy atom. The van der Waals surface area contributed by atoms with Crippen molar-refractivity contribution in [2.75, 3.05) is 32.8 Å². The zero-order valence-electron chi connectivity index (χ0n) is 22.4. The van der Waals surface area contributed by atoms with Crippen molar-refractivity contribution in [2.45, 2.75) is 60.3 Å². The molecule has 3 saturated heterocycles. The van der Waals surface area contributed by atoms with Gasteiger partial charge < -0.3 is 19.6 Å². The lowest BCUT2D eigenvalue weighted by Gasteiger charge is -2.39. The van der Waals surface area contributed by atoms with Crippen molar-refractivity contribution in [1.29, 1.82) is 0 Å². The molecule has 1 unspecified atom stereocenters. The number of nitrogens with zero attached hydrogens (tertiary/aromatic N) is 4. The van der Waals surface area contributed by atoms with Gasteiger partial charge in [0.2, 0.25) is 0 Å². The predicted molar refractivity (Wildman–Crippen MR) is 155 cm³/mol. The Hall–Kier alpha value is -2.92. The number of urea groups is 1. The molecule has 1 atom stereocenters. The van der Waals surface area contributed by atoms with E-state index >= 15 is 0 Å². The summed E-state index contributed by atoms with van der Waals surface area (Å²) in [6, 6.07) is 14.0. The molecule has 0 bridgehead atoms. The number of carboxylic acid groups (broad SMARTS) is 1. The van der Waals surface area contributed by atoms with Gasteiger partial charge in [0.25, 0.3) is 0 Å². The van der Waals surface area contributed by atoms with Crippen LogP contribution in [0.25, 0.3) is 0 Å². The van der Waals surface area contributed by atoms with Gasteiger partial charge in [0.05, 0.1) is 11.6 Å². The number of amides is 2. The van der Waals surface area contributed by atoms with Crippen LogP contribution in [-0.2, 0) is 11.3 Å². The maximum absolute atomic E-state index is 13.8. The van der Waals surface area contributed by atoms with Gasteiger partial charge in [0.1, 0.15) is 5.03 Å². The molecule has 1 aromatic carbocycles. The molecular weight excluding hydrogens is 544 g/mol. The number of thiophene rings is 1. The van der Waals surface area contributed by atoms with E-state index in [4.69, 9.17) is 9.84 Å². The van der Waals surface area contributed by atoms with Crippen LogP contribution in [0.15, 0.2) is 69.3 Å². The maximum atomic E-state index is 13.8. The first-order valence-electron chi connectivity index (χ1n) is 13.9. The number of carbonyl (C=O) groups is 2. The number of hydrogen-bond acceptors (Lipinski definition) is 7. The summed E-state index contributed by atoms with van der Waals surface area (Å²) in [4.78, 5) is 37.2. The van der Waals surface area contributed by atoms with E-state index in [2.05, 4.69) is 42.6 Å². The Morgan fingerprint density at radius 3 is 2.45 bits per heavy atom. The largest absolute Gasteiger partial charge is 0.478 e. The SMILES string of the molecule is O=C(O)c1ccc(Sc2ccc(CN3CCC(N4C(=O)N(C5CCOCC5)CC4c4ccsc4)CC3)cn2)cc1. The van der Waals surface area contributed by atoms with Crippen LogP contribution in [0.5, 0.6) is 0 Å². The summed E-state index contributed by atoms with van der Waals surface area (Å²) in [5, 5.41) is 14.3. The highest BCUT2D eigenvalue weighted by Gasteiger charge is 2.45. The molecule has 2 aromatic heterocycles. The van der Waals surface area contributed by atoms with Crippen molar-refractivity contribution < 1.29 is 19.4 Å². The molecule has 10 heteroatoms. The highest BCUT2D eigenvalue weighted by atomic mass is 32.2. The average Bonchev–Trinajstić information content (AvgIpc) is 3.64. The molecule has 3 aliphatic heterocycles. The Labute approximate surface area is 242 Å². The molecule has 1 N–H and O–H groups in total. The Morgan fingerprint density at radius 1 is 1.02 bits per heavy atom. The lowest BCUT2D eigenvalue weighted by atomic mass is 10.00. The minimum Gasteiger partial charge on any atom is -0.478 e. The van der Waals surface area contributed by atoms with Crippen LogP contribution >= 0.6 is 23.1 Å². The minimum atomic E-state index is -0.922. The maximum Gasteiger partial charge on any atom is 0.335 e. The topological polar surface area (TPSA) is 86.2 Å². The van der Waals surface area contributed by atoms with Gasteiger partial charge in [-0.25, -0.2) is 14.6 Å². The number of carboxylic acids is 1. The average molecular weight is 579 g/mol. The van der Waals surface area contributed by atoms with Gasteiger partial charge >= 0.3 is 12.0 Å². The molecule has 210 valence electrons. The van der Waals surface area contributed by atoms with Crippen LogP contribution in [0.1, 0.15) is 53.2 Å². The van der Waals surface area contributed by atoms with Gasteiger partial charge in [-0.1, -0.05) is 17.8 Å². The number of hydrogen-bond donors (Lipinski definition) is 1. The lowest BCUT2D eigenvalue weighted by molar-refractivity contribution is 0.0493. The number of rotatable bonds is 8. The number of aromatic carboxylic acids is 1. The van der Waals surface area contributed by atoms with Crippen molar-refractivity contribution in [3.63, 3.8) is 0 Å². The molecule has 3 aliphatic rings. The summed E-state index contributed by atoms with van der Waals surface area (Å²) in [7, 11) is 0. The molecule has 3 aromatic rings. The minimum absolute atomic E-state index is 0.132. The fourth-order valence-corrected chi connectivity index (χ4v) is 7.50. The van der Waals surface area contributed by atoms with Gasteiger partial charge in [0, 0.05) is 62.6 Å². The Bertz CT molecular complexity index is 1290. The number of carbonyl (C=O) groups excluding carboxylic acids is 1. The summed E-state index contributed by atoms with van der Waals surface area (Å²) in [6.45, 7) is 5.01. The van der Waals surface area contributed by atoms with Gasteiger partial charge in [-0.05, 0) is 84.0 Å². The molecule has 8 nitrogen and oxygen atoms in total. The number of aromatic nitrogens is 1. The van der Waals surface area contributed by atoms with E-state index < -0.39 is 5.97 Å². The molecule has 5 heterocycles. The number of benzene rings is 1. The summed E-state index contributed by atoms with van der Waals surface area (Å²) in [6.07, 6.45) is 5.74. The fraction of sp³-hybridized carbons (Fsp3) is 0.433. The van der Waals surface area contributed by atoms with Crippen LogP contribution < -0.4 is 0 Å². The highest BCUT2D eigenvalue weighted by molar-refractivity contribution is 7.99. The van der Waals surface area contributed by atoms with E-state index in [1.807, 2.05) is 24.4 Å². The second-order valence-electron chi connectivity index (χ2n) is 10.7. The third-order valence-corrected chi connectivity index (χ3v) is 9.87. The van der Waals surface area contributed by atoms with Crippen LogP contribution in [0.3, 0.4) is 0 Å². The van der Waals surface area contributed by atoms with Crippen molar-refractivity contribution in [3.05, 3.63) is 76.1 Å². The lowest BCUT2D eigenvalue weighted by Crippen LogP contribution is -2.48. The van der Waals surface area contributed by atoms with Gasteiger partial charge in [0.15, 0.2) is 0 Å². The van der Waals surface area contributed by atoms with Crippen molar-refractivity contribution in [1.82, 2.24) is 19.7 Å². The second-order valence-corrected chi connectivity index (χ2v) is 12.6. The van der Waals surface area contributed by atoms with E-state index in [1.165, 1.54) is 22.9 Å². The smallest absolute Gasteiger partial charge is 0.335 e. The molecule has 2 amide bonds. The monoisotopic (exact) mass is 578 g/mol. The molecule has 0 saturated carbocycles. The molecule has 40 heavy (non-hydrogen) atoms. The molecular formula is C30H34N4O4S2.